The van der Waals surface area contributed by atoms with Gasteiger partial charge in [0.05, 0.1) is 25.3 Å². The van der Waals surface area contributed by atoms with E-state index in [-0.39, 0.29) is 12.1 Å². The molecule has 136 valence electrons. The van der Waals surface area contributed by atoms with Gasteiger partial charge in [-0.15, -0.1) is 11.3 Å². The Bertz CT molecular complexity index is 918. The molecule has 3 N–H and O–H groups in total. The third-order valence-electron chi connectivity index (χ3n) is 4.53. The molecular weight excluding hydrogens is 434 g/mol. The Morgan fingerprint density at radius 2 is 2.15 bits per heavy atom. The lowest BCUT2D eigenvalue weighted by Gasteiger charge is -2.28. The first kappa shape index (κ1) is 18.2. The van der Waals surface area contributed by atoms with Crippen molar-refractivity contribution in [2.75, 3.05) is 11.9 Å². The second kappa shape index (κ2) is 7.82. The van der Waals surface area contributed by atoms with E-state index < -0.39 is 0 Å². The highest BCUT2D eigenvalue weighted by Gasteiger charge is 2.29. The summed E-state index contributed by atoms with van der Waals surface area (Å²) in [5.41, 5.74) is 9.35. The fourth-order valence-electron chi connectivity index (χ4n) is 3.21. The minimum atomic E-state index is -0.0990. The number of pyridine rings is 1. The number of hydrogen-bond donors (Lipinski definition) is 2. The standard InChI is InChI=1S/C19H19BrClN3OS/c20-15-16-18(26-19(15)17-12(22)7-4-8-25-17)13(9-14(21)24-16)23-10-11-5-2-1-3-6-11/h1-3,5-6,9,12,17H,4,7-8,10,22H2,(H,23,24). The molecule has 2 unspecified atom stereocenters. The molecule has 1 saturated heterocycles. The van der Waals surface area contributed by atoms with Gasteiger partial charge >= 0.3 is 0 Å². The van der Waals surface area contributed by atoms with Gasteiger partial charge in [-0.05, 0) is 34.3 Å². The fraction of sp³-hybridized carbons (Fsp3) is 0.316. The van der Waals surface area contributed by atoms with Crippen LogP contribution in [0.4, 0.5) is 5.69 Å². The maximum atomic E-state index is 6.30. The van der Waals surface area contributed by atoms with Crippen LogP contribution in [-0.2, 0) is 11.3 Å². The van der Waals surface area contributed by atoms with Gasteiger partial charge in [-0.25, -0.2) is 4.98 Å². The van der Waals surface area contributed by atoms with Crippen molar-refractivity contribution in [3.8, 4) is 0 Å². The summed E-state index contributed by atoms with van der Waals surface area (Å²) in [6, 6.07) is 12.2. The summed E-state index contributed by atoms with van der Waals surface area (Å²) in [7, 11) is 0. The molecule has 3 heterocycles. The van der Waals surface area contributed by atoms with Crippen LogP contribution in [0.5, 0.6) is 0 Å². The second-order valence-corrected chi connectivity index (χ2v) is 8.62. The van der Waals surface area contributed by atoms with E-state index in [1.165, 1.54) is 5.56 Å². The number of nitrogens with two attached hydrogens (primary N) is 1. The van der Waals surface area contributed by atoms with E-state index in [0.29, 0.717) is 5.15 Å². The van der Waals surface area contributed by atoms with Crippen LogP contribution in [0.3, 0.4) is 0 Å². The van der Waals surface area contributed by atoms with E-state index in [2.05, 4.69) is 38.4 Å². The van der Waals surface area contributed by atoms with Crippen molar-refractivity contribution in [1.82, 2.24) is 4.98 Å². The summed E-state index contributed by atoms with van der Waals surface area (Å²) in [5, 5.41) is 3.96. The fourth-order valence-corrected chi connectivity index (χ4v) is 5.54. The summed E-state index contributed by atoms with van der Waals surface area (Å²) in [6.07, 6.45) is 1.88. The number of thiophene rings is 1. The number of halogens is 2. The number of nitrogens with one attached hydrogen (secondary N) is 1. The third-order valence-corrected chi connectivity index (χ3v) is 7.06. The van der Waals surface area contributed by atoms with Gasteiger partial charge in [-0.1, -0.05) is 41.9 Å². The lowest BCUT2D eigenvalue weighted by atomic mass is 10.0. The lowest BCUT2D eigenvalue weighted by Crippen LogP contribution is -2.34. The summed E-state index contributed by atoms with van der Waals surface area (Å²) < 4.78 is 7.96. The molecule has 7 heteroatoms. The van der Waals surface area contributed by atoms with Crippen molar-refractivity contribution >= 4 is 54.8 Å². The molecule has 26 heavy (non-hydrogen) atoms. The molecule has 1 fully saturated rings. The molecule has 0 spiro atoms. The zero-order valence-electron chi connectivity index (χ0n) is 14.0. The molecule has 0 bridgehead atoms. The van der Waals surface area contributed by atoms with E-state index in [4.69, 9.17) is 22.1 Å². The molecule has 1 aromatic carbocycles. The maximum Gasteiger partial charge on any atom is 0.131 e. The molecule has 0 saturated carbocycles. The van der Waals surface area contributed by atoms with Crippen LogP contribution in [0.25, 0.3) is 10.2 Å². The number of rotatable bonds is 4. The monoisotopic (exact) mass is 451 g/mol. The molecule has 0 amide bonds. The maximum absolute atomic E-state index is 6.30. The van der Waals surface area contributed by atoms with E-state index in [1.807, 2.05) is 24.3 Å². The van der Waals surface area contributed by atoms with Crippen molar-refractivity contribution in [3.05, 3.63) is 56.5 Å². The highest BCUT2D eigenvalue weighted by Crippen LogP contribution is 2.45. The van der Waals surface area contributed by atoms with Crippen LogP contribution in [0.15, 0.2) is 40.9 Å². The highest BCUT2D eigenvalue weighted by molar-refractivity contribution is 9.10. The SMILES string of the molecule is NC1CCCOC1c1sc2c(NCc3ccccc3)cc(Cl)nc2c1Br. The van der Waals surface area contributed by atoms with Crippen molar-refractivity contribution in [2.24, 2.45) is 5.73 Å². The molecule has 4 rings (SSSR count). The second-order valence-electron chi connectivity index (χ2n) is 6.39. The molecule has 1 aliphatic rings. The number of hydrogen-bond acceptors (Lipinski definition) is 5. The number of ether oxygens (including phenoxy) is 1. The predicted octanol–water partition coefficient (Wildman–Crippen LogP) is 5.50. The number of benzene rings is 1. The van der Waals surface area contributed by atoms with Gasteiger partial charge in [0, 0.05) is 25.3 Å². The lowest BCUT2D eigenvalue weighted by molar-refractivity contribution is 0.00202. The van der Waals surface area contributed by atoms with Crippen LogP contribution in [0.2, 0.25) is 5.15 Å². The van der Waals surface area contributed by atoms with Gasteiger partial charge in [0.1, 0.15) is 11.3 Å². The van der Waals surface area contributed by atoms with E-state index in [0.717, 1.165) is 51.2 Å². The Labute approximate surface area is 169 Å². The molecule has 0 aliphatic carbocycles. The highest BCUT2D eigenvalue weighted by atomic mass is 79.9. The van der Waals surface area contributed by atoms with Crippen LogP contribution >= 0.6 is 38.9 Å². The quantitative estimate of drug-likeness (QED) is 0.513. The van der Waals surface area contributed by atoms with Crippen molar-refractivity contribution < 1.29 is 4.74 Å². The Kier molecular flexibility index (Phi) is 5.47. The first-order valence-electron chi connectivity index (χ1n) is 8.57. The van der Waals surface area contributed by atoms with E-state index in [9.17, 15) is 0 Å². The smallest absolute Gasteiger partial charge is 0.131 e. The number of fused-ring (bicyclic) bond motifs is 1. The largest absolute Gasteiger partial charge is 0.380 e. The summed E-state index contributed by atoms with van der Waals surface area (Å²) in [5.74, 6) is 0. The van der Waals surface area contributed by atoms with Crippen LogP contribution in [0.1, 0.15) is 29.4 Å². The summed E-state index contributed by atoms with van der Waals surface area (Å²) in [4.78, 5) is 5.61. The Morgan fingerprint density at radius 1 is 1.35 bits per heavy atom. The zero-order chi connectivity index (χ0) is 18.1. The van der Waals surface area contributed by atoms with Crippen LogP contribution < -0.4 is 11.1 Å². The molecule has 4 nitrogen and oxygen atoms in total. The summed E-state index contributed by atoms with van der Waals surface area (Å²) in [6.45, 7) is 1.47. The van der Waals surface area contributed by atoms with Gasteiger partial charge in [0.15, 0.2) is 0 Å². The average molecular weight is 453 g/mol. The number of aromatic nitrogens is 1. The molecule has 0 radical (unpaired) electrons. The van der Waals surface area contributed by atoms with Crippen LogP contribution in [0, 0.1) is 0 Å². The normalized spacial score (nSPS) is 20.4. The van der Waals surface area contributed by atoms with Crippen LogP contribution in [-0.4, -0.2) is 17.6 Å². The van der Waals surface area contributed by atoms with Gasteiger partial charge < -0.3 is 15.8 Å². The van der Waals surface area contributed by atoms with Gasteiger partial charge in [0.25, 0.3) is 0 Å². The first-order valence-corrected chi connectivity index (χ1v) is 10.6. The molecular formula is C19H19BrClN3OS. The third kappa shape index (κ3) is 3.62. The van der Waals surface area contributed by atoms with Gasteiger partial charge in [-0.2, -0.15) is 0 Å². The average Bonchev–Trinajstić information content (AvgIpc) is 2.98. The molecule has 3 aromatic rings. The molecule has 2 atom stereocenters. The van der Waals surface area contributed by atoms with E-state index in [1.54, 1.807) is 11.3 Å². The van der Waals surface area contributed by atoms with Crippen molar-refractivity contribution in [3.63, 3.8) is 0 Å². The minimum absolute atomic E-state index is 0.00399. The Morgan fingerprint density at radius 3 is 2.92 bits per heavy atom. The van der Waals surface area contributed by atoms with E-state index >= 15 is 0 Å². The minimum Gasteiger partial charge on any atom is -0.380 e. The zero-order valence-corrected chi connectivity index (χ0v) is 17.2. The number of nitrogens with zero attached hydrogens (tertiary/aromatic N) is 1. The topological polar surface area (TPSA) is 60.2 Å². The van der Waals surface area contributed by atoms with Crippen molar-refractivity contribution in [2.45, 2.75) is 31.5 Å². The Hall–Kier alpha value is -1.18. The summed E-state index contributed by atoms with van der Waals surface area (Å²) >= 11 is 11.7. The first-order chi connectivity index (χ1) is 12.6. The Balaban J connectivity index is 1.70. The van der Waals surface area contributed by atoms with Gasteiger partial charge in [-0.3, -0.25) is 0 Å². The van der Waals surface area contributed by atoms with Crippen molar-refractivity contribution in [1.29, 1.82) is 0 Å². The molecule has 1 aliphatic heterocycles. The predicted molar refractivity (Wildman–Crippen MR) is 112 cm³/mol. The number of anilines is 1. The van der Waals surface area contributed by atoms with Gasteiger partial charge in [0.2, 0.25) is 0 Å². The molecule has 2 aromatic heterocycles.